The maximum absolute atomic E-state index is 13.9. The van der Waals surface area contributed by atoms with Gasteiger partial charge in [-0.1, -0.05) is 36.7 Å². The van der Waals surface area contributed by atoms with Crippen molar-refractivity contribution in [1.82, 2.24) is 0 Å². The van der Waals surface area contributed by atoms with Crippen LogP contribution in [0.25, 0.3) is 10.3 Å². The molecule has 0 spiro atoms. The van der Waals surface area contributed by atoms with Gasteiger partial charge in [0.05, 0.1) is 15.3 Å². The predicted octanol–water partition coefficient (Wildman–Crippen LogP) is 5.08. The Bertz CT molecular complexity index is 1310. The van der Waals surface area contributed by atoms with Crippen molar-refractivity contribution >= 4 is 43.2 Å². The second kappa shape index (κ2) is 8.24. The fraction of sp³-hybridized carbons (Fsp3) is 0.391. The molecule has 1 amide bonds. The van der Waals surface area contributed by atoms with Gasteiger partial charge >= 0.3 is 4.94 Å². The van der Waals surface area contributed by atoms with Gasteiger partial charge in [-0.25, -0.2) is 17.5 Å². The molecular formula is C23H25NO5S2. The third kappa shape index (κ3) is 4.06. The van der Waals surface area contributed by atoms with Crippen LogP contribution in [-0.2, 0) is 14.8 Å². The van der Waals surface area contributed by atoms with E-state index in [0.717, 1.165) is 46.0 Å². The van der Waals surface area contributed by atoms with Crippen LogP contribution in [0.4, 0.5) is 5.69 Å². The summed E-state index contributed by atoms with van der Waals surface area (Å²) >= 11 is 0.890. The molecule has 8 heteroatoms. The molecule has 1 aromatic heterocycles. The summed E-state index contributed by atoms with van der Waals surface area (Å²) in [5.74, 6) is -0.748. The predicted molar refractivity (Wildman–Crippen MR) is 122 cm³/mol. The van der Waals surface area contributed by atoms with Crippen LogP contribution in [0, 0.1) is 26.7 Å². The Morgan fingerprint density at radius 1 is 1.00 bits per heavy atom. The number of rotatable bonds is 4. The van der Waals surface area contributed by atoms with E-state index in [1.807, 2.05) is 19.9 Å². The minimum Gasteiger partial charge on any atom is -0.414 e. The van der Waals surface area contributed by atoms with E-state index in [2.05, 4.69) is 0 Å². The lowest BCUT2D eigenvalue weighted by Gasteiger charge is -2.29. The van der Waals surface area contributed by atoms with E-state index < -0.39 is 20.9 Å². The molecule has 6 nitrogen and oxygen atoms in total. The molecule has 3 aromatic rings. The first-order chi connectivity index (χ1) is 14.7. The number of fused-ring (bicyclic) bond motifs is 1. The lowest BCUT2D eigenvalue weighted by Crippen LogP contribution is -2.42. The van der Waals surface area contributed by atoms with Crippen molar-refractivity contribution in [2.45, 2.75) is 57.8 Å². The van der Waals surface area contributed by atoms with Crippen LogP contribution in [0.1, 0.15) is 48.8 Å². The van der Waals surface area contributed by atoms with Gasteiger partial charge in [-0.05, 0) is 74.6 Å². The highest BCUT2D eigenvalue weighted by Gasteiger charge is 2.37. The third-order valence-electron chi connectivity index (χ3n) is 6.01. The minimum absolute atomic E-state index is 0.125. The van der Waals surface area contributed by atoms with Crippen molar-refractivity contribution in [3.63, 3.8) is 0 Å². The van der Waals surface area contributed by atoms with Gasteiger partial charge in [-0.15, -0.1) is 0 Å². The van der Waals surface area contributed by atoms with Gasteiger partial charge < -0.3 is 4.42 Å². The van der Waals surface area contributed by atoms with Crippen molar-refractivity contribution in [2.24, 2.45) is 5.92 Å². The first kappa shape index (κ1) is 21.8. The summed E-state index contributed by atoms with van der Waals surface area (Å²) in [7, 11) is -4.15. The van der Waals surface area contributed by atoms with Gasteiger partial charge in [0.1, 0.15) is 5.58 Å². The molecule has 1 saturated carbocycles. The van der Waals surface area contributed by atoms with Crippen LogP contribution in [0.15, 0.2) is 44.4 Å². The number of carbonyl (C=O) groups is 1. The number of hydrogen-bond donors (Lipinski definition) is 0. The summed E-state index contributed by atoms with van der Waals surface area (Å²) in [6.07, 6.45) is 4.24. The molecule has 0 aliphatic heterocycles. The first-order valence-electron chi connectivity index (χ1n) is 10.4. The summed E-state index contributed by atoms with van der Waals surface area (Å²) in [6.45, 7) is 5.53. The highest BCUT2D eigenvalue weighted by Crippen LogP contribution is 2.34. The topological polar surface area (TPSA) is 84.7 Å². The standard InChI is InChI=1S/C23H25NO5S2/c1-14-11-16(3)21(12-15(14)2)31(27,28)24(22(25)17-7-5-4-6-8-17)18-9-10-19-20(13-18)30-23(26)29-19/h9-13,17H,4-8H2,1-3H3. The number of carbonyl (C=O) groups excluding carboxylic acids is 1. The van der Waals surface area contributed by atoms with Crippen molar-refractivity contribution in [3.8, 4) is 0 Å². The molecule has 2 aromatic carbocycles. The molecule has 1 fully saturated rings. The lowest BCUT2D eigenvalue weighted by molar-refractivity contribution is -0.122. The monoisotopic (exact) mass is 459 g/mol. The van der Waals surface area contributed by atoms with E-state index in [4.69, 9.17) is 4.42 Å². The zero-order chi connectivity index (χ0) is 22.3. The molecule has 4 rings (SSSR count). The molecule has 0 N–H and O–H groups in total. The van der Waals surface area contributed by atoms with Crippen molar-refractivity contribution in [1.29, 1.82) is 0 Å². The number of hydrogen-bond acceptors (Lipinski definition) is 6. The Labute approximate surface area is 185 Å². The van der Waals surface area contributed by atoms with Crippen LogP contribution in [0.3, 0.4) is 0 Å². The van der Waals surface area contributed by atoms with E-state index in [9.17, 15) is 18.0 Å². The average molecular weight is 460 g/mol. The summed E-state index contributed by atoms with van der Waals surface area (Å²) < 4.78 is 34.3. The third-order valence-corrected chi connectivity index (χ3v) is 8.67. The Morgan fingerprint density at radius 2 is 1.68 bits per heavy atom. The molecule has 0 radical (unpaired) electrons. The Kier molecular flexibility index (Phi) is 5.79. The summed E-state index contributed by atoms with van der Waals surface area (Å²) in [4.78, 5) is 24.9. The Morgan fingerprint density at radius 3 is 2.39 bits per heavy atom. The zero-order valence-electron chi connectivity index (χ0n) is 17.8. The van der Waals surface area contributed by atoms with E-state index in [0.29, 0.717) is 28.7 Å². The maximum Gasteiger partial charge on any atom is 0.396 e. The Hall–Kier alpha value is -2.45. The largest absolute Gasteiger partial charge is 0.414 e. The van der Waals surface area contributed by atoms with Crippen LogP contribution >= 0.6 is 11.3 Å². The number of aryl methyl sites for hydroxylation is 3. The number of sulfonamides is 1. The molecule has 0 saturated heterocycles. The van der Waals surface area contributed by atoms with Crippen LogP contribution < -0.4 is 9.24 Å². The fourth-order valence-electron chi connectivity index (χ4n) is 4.20. The number of benzene rings is 2. The quantitative estimate of drug-likeness (QED) is 0.543. The maximum atomic E-state index is 13.9. The smallest absolute Gasteiger partial charge is 0.396 e. The van der Waals surface area contributed by atoms with Crippen LogP contribution in [0.5, 0.6) is 0 Å². The molecule has 1 aliphatic rings. The van der Waals surface area contributed by atoms with E-state index in [1.165, 1.54) is 6.07 Å². The lowest BCUT2D eigenvalue weighted by atomic mass is 9.88. The summed E-state index contributed by atoms with van der Waals surface area (Å²) in [5, 5.41) is 0. The second-order valence-corrected chi connectivity index (χ2v) is 11.0. The normalized spacial score (nSPS) is 15.3. The molecule has 1 aliphatic carbocycles. The first-order valence-corrected chi connectivity index (χ1v) is 12.6. The minimum atomic E-state index is -4.15. The molecule has 164 valence electrons. The van der Waals surface area contributed by atoms with Gasteiger partial charge in [-0.3, -0.25) is 4.79 Å². The number of amides is 1. The van der Waals surface area contributed by atoms with E-state index in [-0.39, 0.29) is 16.5 Å². The SMILES string of the molecule is Cc1cc(C)c(S(=O)(=O)N(C(=O)C2CCCCC2)c2ccc3oc(=O)sc3c2)cc1C. The molecule has 0 unspecified atom stereocenters. The van der Waals surface area contributed by atoms with Gasteiger partial charge in [0.25, 0.3) is 10.0 Å². The van der Waals surface area contributed by atoms with E-state index in [1.54, 1.807) is 25.1 Å². The van der Waals surface area contributed by atoms with Crippen LogP contribution in [-0.4, -0.2) is 14.3 Å². The summed E-state index contributed by atoms with van der Waals surface area (Å²) in [6, 6.07) is 8.10. The number of anilines is 1. The van der Waals surface area contributed by atoms with Crippen molar-refractivity contribution in [2.75, 3.05) is 4.31 Å². The molecular weight excluding hydrogens is 434 g/mol. The van der Waals surface area contributed by atoms with Crippen molar-refractivity contribution in [3.05, 3.63) is 56.8 Å². The van der Waals surface area contributed by atoms with Crippen molar-refractivity contribution < 1.29 is 17.6 Å². The van der Waals surface area contributed by atoms with Crippen LogP contribution in [0.2, 0.25) is 0 Å². The van der Waals surface area contributed by atoms with Gasteiger partial charge in [0.15, 0.2) is 0 Å². The molecule has 31 heavy (non-hydrogen) atoms. The highest BCUT2D eigenvalue weighted by atomic mass is 32.2. The molecule has 1 heterocycles. The van der Waals surface area contributed by atoms with Gasteiger partial charge in [0.2, 0.25) is 5.91 Å². The molecule has 0 bridgehead atoms. The summed E-state index contributed by atoms with van der Waals surface area (Å²) in [5.41, 5.74) is 3.05. The van der Waals surface area contributed by atoms with E-state index >= 15 is 0 Å². The fourth-order valence-corrected chi connectivity index (χ4v) is 6.66. The van der Waals surface area contributed by atoms with Gasteiger partial charge in [0, 0.05) is 5.92 Å². The number of nitrogens with zero attached hydrogens (tertiary/aromatic N) is 1. The molecule has 0 atom stereocenters. The highest BCUT2D eigenvalue weighted by molar-refractivity contribution is 7.93. The second-order valence-electron chi connectivity index (χ2n) is 8.23. The van der Waals surface area contributed by atoms with Gasteiger partial charge in [-0.2, -0.15) is 0 Å². The zero-order valence-corrected chi connectivity index (χ0v) is 19.4. The average Bonchev–Trinajstić information content (AvgIpc) is 3.10. The Balaban J connectivity index is 1.89.